The summed E-state index contributed by atoms with van der Waals surface area (Å²) in [5, 5.41) is 4.00. The van der Waals surface area contributed by atoms with Crippen LogP contribution in [0.15, 0.2) is 47.6 Å². The van der Waals surface area contributed by atoms with Gasteiger partial charge in [0.25, 0.3) is 5.91 Å². The third-order valence-electron chi connectivity index (χ3n) is 3.68. The van der Waals surface area contributed by atoms with E-state index in [0.717, 1.165) is 22.4 Å². The van der Waals surface area contributed by atoms with E-state index in [4.69, 9.17) is 4.74 Å². The zero-order chi connectivity index (χ0) is 18.4. The molecule has 0 bridgehead atoms. The molecule has 1 amide bonds. The Morgan fingerprint density at radius 1 is 1.12 bits per heavy atom. The first kappa shape index (κ1) is 18.5. The molecule has 0 aliphatic rings. The zero-order valence-corrected chi connectivity index (χ0v) is 15.4. The van der Waals surface area contributed by atoms with Crippen LogP contribution in [0.5, 0.6) is 5.75 Å². The summed E-state index contributed by atoms with van der Waals surface area (Å²) in [6.07, 6.45) is 0.982. The lowest BCUT2D eigenvalue weighted by Crippen LogP contribution is -2.33. The Hall–Kier alpha value is -2.82. The van der Waals surface area contributed by atoms with Crippen LogP contribution in [0.3, 0.4) is 0 Å². The number of amides is 1. The smallest absolute Gasteiger partial charge is 0.280 e. The molecule has 1 N–H and O–H groups in total. The standard InChI is InChI=1S/C20H25N3O2/c1-14-10-15(2)12-19(11-14)25-16(3)20(24)22-21-13-17-6-8-18(9-7-17)23(4)5/h6-13,16H,1-5H3,(H,22,24)/t16-/m0/s1. The second kappa shape index (κ2) is 8.33. The fourth-order valence-corrected chi connectivity index (χ4v) is 2.38. The first-order valence-corrected chi connectivity index (χ1v) is 8.20. The van der Waals surface area contributed by atoms with Gasteiger partial charge < -0.3 is 9.64 Å². The van der Waals surface area contributed by atoms with Crippen LogP contribution in [0.1, 0.15) is 23.6 Å². The van der Waals surface area contributed by atoms with Crippen molar-refractivity contribution in [1.82, 2.24) is 5.43 Å². The van der Waals surface area contributed by atoms with Crippen molar-refractivity contribution in [3.8, 4) is 5.75 Å². The van der Waals surface area contributed by atoms with Gasteiger partial charge in [0.1, 0.15) is 5.75 Å². The van der Waals surface area contributed by atoms with Crippen molar-refractivity contribution < 1.29 is 9.53 Å². The van der Waals surface area contributed by atoms with Gasteiger partial charge in [0.15, 0.2) is 6.10 Å². The number of hydrogen-bond donors (Lipinski definition) is 1. The molecule has 0 aliphatic heterocycles. The first-order chi connectivity index (χ1) is 11.8. The van der Waals surface area contributed by atoms with E-state index in [1.807, 2.05) is 69.2 Å². The fourth-order valence-electron chi connectivity index (χ4n) is 2.38. The minimum atomic E-state index is -0.630. The van der Waals surface area contributed by atoms with Crippen LogP contribution in [0.4, 0.5) is 5.69 Å². The van der Waals surface area contributed by atoms with Gasteiger partial charge in [0.05, 0.1) is 6.21 Å². The summed E-state index contributed by atoms with van der Waals surface area (Å²) in [6.45, 7) is 5.70. The average Bonchev–Trinajstić information content (AvgIpc) is 2.54. The lowest BCUT2D eigenvalue weighted by atomic mass is 10.1. The maximum absolute atomic E-state index is 12.1. The molecule has 0 unspecified atom stereocenters. The summed E-state index contributed by atoms with van der Waals surface area (Å²) in [4.78, 5) is 14.1. The quantitative estimate of drug-likeness (QED) is 0.649. The second-order valence-electron chi connectivity index (χ2n) is 6.30. The van der Waals surface area contributed by atoms with E-state index in [1.165, 1.54) is 0 Å². The molecule has 2 rings (SSSR count). The molecule has 0 spiro atoms. The molecule has 0 saturated heterocycles. The molecule has 0 heterocycles. The van der Waals surface area contributed by atoms with E-state index in [9.17, 15) is 4.79 Å². The van der Waals surface area contributed by atoms with Gasteiger partial charge in [-0.15, -0.1) is 0 Å². The molecule has 5 heteroatoms. The number of nitrogens with zero attached hydrogens (tertiary/aromatic N) is 2. The maximum Gasteiger partial charge on any atom is 0.280 e. The van der Waals surface area contributed by atoms with Gasteiger partial charge in [-0.25, -0.2) is 5.43 Å². The van der Waals surface area contributed by atoms with Crippen LogP contribution in [-0.2, 0) is 4.79 Å². The Morgan fingerprint density at radius 2 is 1.72 bits per heavy atom. The van der Waals surface area contributed by atoms with E-state index < -0.39 is 6.10 Å². The van der Waals surface area contributed by atoms with Crippen LogP contribution < -0.4 is 15.1 Å². The van der Waals surface area contributed by atoms with E-state index in [1.54, 1.807) is 13.1 Å². The normalized spacial score (nSPS) is 12.0. The van der Waals surface area contributed by atoms with Gasteiger partial charge >= 0.3 is 0 Å². The highest BCUT2D eigenvalue weighted by atomic mass is 16.5. The first-order valence-electron chi connectivity index (χ1n) is 8.20. The zero-order valence-electron chi connectivity index (χ0n) is 15.4. The van der Waals surface area contributed by atoms with Crippen LogP contribution >= 0.6 is 0 Å². The highest BCUT2D eigenvalue weighted by molar-refractivity contribution is 5.84. The summed E-state index contributed by atoms with van der Waals surface area (Å²) in [6, 6.07) is 13.8. The SMILES string of the molecule is Cc1cc(C)cc(O[C@@H](C)C(=O)NN=Cc2ccc(N(C)C)cc2)c1. The number of nitrogens with one attached hydrogen (secondary N) is 1. The lowest BCUT2D eigenvalue weighted by Gasteiger charge is -2.14. The van der Waals surface area contributed by atoms with E-state index in [2.05, 4.69) is 16.6 Å². The van der Waals surface area contributed by atoms with Gasteiger partial charge in [-0.2, -0.15) is 5.10 Å². The average molecular weight is 339 g/mol. The Bertz CT molecular complexity index is 732. The predicted octanol–water partition coefficient (Wildman–Crippen LogP) is 3.29. The summed E-state index contributed by atoms with van der Waals surface area (Å²) >= 11 is 0. The molecule has 25 heavy (non-hydrogen) atoms. The predicted molar refractivity (Wildman–Crippen MR) is 103 cm³/mol. The van der Waals surface area contributed by atoms with Crippen molar-refractivity contribution in [2.75, 3.05) is 19.0 Å². The molecule has 2 aromatic rings. The van der Waals surface area contributed by atoms with Crippen LogP contribution in [0.2, 0.25) is 0 Å². The molecule has 132 valence electrons. The number of anilines is 1. The van der Waals surface area contributed by atoms with Crippen molar-refractivity contribution in [1.29, 1.82) is 0 Å². The number of hydrogen-bond acceptors (Lipinski definition) is 4. The highest BCUT2D eigenvalue weighted by Gasteiger charge is 2.14. The summed E-state index contributed by atoms with van der Waals surface area (Å²) in [5.74, 6) is 0.392. The third kappa shape index (κ3) is 5.64. The van der Waals surface area contributed by atoms with Crippen LogP contribution in [0.25, 0.3) is 0 Å². The van der Waals surface area contributed by atoms with Gasteiger partial charge in [-0.05, 0) is 61.7 Å². The monoisotopic (exact) mass is 339 g/mol. The van der Waals surface area contributed by atoms with E-state index in [0.29, 0.717) is 5.75 Å². The number of carbonyl (C=O) groups is 1. The number of aryl methyl sites for hydroxylation is 2. The molecular formula is C20H25N3O2. The molecule has 0 fully saturated rings. The molecule has 0 aliphatic carbocycles. The Labute approximate surface area is 149 Å². The van der Waals surface area contributed by atoms with Crippen molar-refractivity contribution in [3.05, 3.63) is 59.2 Å². The van der Waals surface area contributed by atoms with Crippen molar-refractivity contribution in [3.63, 3.8) is 0 Å². The van der Waals surface area contributed by atoms with Gasteiger partial charge in [-0.3, -0.25) is 4.79 Å². The molecule has 0 radical (unpaired) electrons. The second-order valence-corrected chi connectivity index (χ2v) is 6.30. The lowest BCUT2D eigenvalue weighted by molar-refractivity contribution is -0.127. The number of benzene rings is 2. The Morgan fingerprint density at radius 3 is 2.28 bits per heavy atom. The Kier molecular flexibility index (Phi) is 6.17. The molecular weight excluding hydrogens is 314 g/mol. The highest BCUT2D eigenvalue weighted by Crippen LogP contribution is 2.17. The topological polar surface area (TPSA) is 53.9 Å². The minimum absolute atomic E-state index is 0.291. The molecule has 0 aromatic heterocycles. The molecule has 1 atom stereocenters. The van der Waals surface area contributed by atoms with Gasteiger partial charge in [0, 0.05) is 19.8 Å². The number of carbonyl (C=O) groups excluding carboxylic acids is 1. The minimum Gasteiger partial charge on any atom is -0.481 e. The summed E-state index contributed by atoms with van der Waals surface area (Å²) in [5.41, 5.74) is 6.73. The van der Waals surface area contributed by atoms with Crippen LogP contribution in [0, 0.1) is 13.8 Å². The fraction of sp³-hybridized carbons (Fsp3) is 0.300. The molecule has 0 saturated carbocycles. The largest absolute Gasteiger partial charge is 0.481 e. The summed E-state index contributed by atoms with van der Waals surface area (Å²) in [7, 11) is 3.97. The number of ether oxygens (including phenoxy) is 1. The third-order valence-corrected chi connectivity index (χ3v) is 3.68. The van der Waals surface area contributed by atoms with Crippen molar-refractivity contribution in [2.45, 2.75) is 26.9 Å². The summed E-state index contributed by atoms with van der Waals surface area (Å²) < 4.78 is 5.69. The molecule has 2 aromatic carbocycles. The molecule has 5 nitrogen and oxygen atoms in total. The van der Waals surface area contributed by atoms with E-state index in [-0.39, 0.29) is 5.91 Å². The van der Waals surface area contributed by atoms with Crippen LogP contribution in [-0.4, -0.2) is 32.3 Å². The maximum atomic E-state index is 12.1. The number of hydrazone groups is 1. The van der Waals surface area contributed by atoms with Gasteiger partial charge in [0.2, 0.25) is 0 Å². The van der Waals surface area contributed by atoms with Crippen molar-refractivity contribution >= 4 is 17.8 Å². The van der Waals surface area contributed by atoms with Gasteiger partial charge in [-0.1, -0.05) is 18.2 Å². The van der Waals surface area contributed by atoms with Crippen molar-refractivity contribution in [2.24, 2.45) is 5.10 Å². The number of rotatable bonds is 6. The Balaban J connectivity index is 1.90. The van der Waals surface area contributed by atoms with E-state index >= 15 is 0 Å².